The van der Waals surface area contributed by atoms with Crippen molar-refractivity contribution in [2.24, 2.45) is 0 Å². The van der Waals surface area contributed by atoms with Gasteiger partial charge in [0.05, 0.1) is 10.6 Å². The number of carboxylic acid groups (broad SMARTS) is 1. The van der Waals surface area contributed by atoms with Crippen molar-refractivity contribution in [2.45, 2.75) is 0 Å². The van der Waals surface area contributed by atoms with Crippen LogP contribution in [-0.2, 0) is 0 Å². The van der Waals surface area contributed by atoms with Crippen molar-refractivity contribution in [3.63, 3.8) is 0 Å². The number of carboxylic acids is 1. The van der Waals surface area contributed by atoms with Crippen LogP contribution < -0.4 is 9.47 Å². The van der Waals surface area contributed by atoms with Crippen molar-refractivity contribution in [1.29, 1.82) is 0 Å². The van der Waals surface area contributed by atoms with Gasteiger partial charge in [0.25, 0.3) is 0 Å². The fraction of sp³-hybridized carbons (Fsp3) is 0.133. The Hall–Kier alpha value is -2.27. The molecule has 0 aliphatic rings. The molecule has 4 nitrogen and oxygen atoms in total. The quantitative estimate of drug-likeness (QED) is 0.828. The molecule has 0 aliphatic carbocycles. The highest BCUT2D eigenvalue weighted by Gasteiger charge is 2.03. The topological polar surface area (TPSA) is 55.8 Å². The first-order valence-electron chi connectivity index (χ1n) is 6.10. The number of hydrogen-bond donors (Lipinski definition) is 1. The van der Waals surface area contributed by atoms with E-state index in [1.165, 1.54) is 30.3 Å². The molecule has 0 bridgehead atoms. The van der Waals surface area contributed by atoms with Crippen LogP contribution in [0.15, 0.2) is 42.5 Å². The Morgan fingerprint density at radius 1 is 1.05 bits per heavy atom. The van der Waals surface area contributed by atoms with Gasteiger partial charge in [-0.05, 0) is 36.4 Å². The fourth-order valence-corrected chi connectivity index (χ4v) is 1.75. The van der Waals surface area contributed by atoms with Gasteiger partial charge in [0.15, 0.2) is 0 Å². The third-order valence-electron chi connectivity index (χ3n) is 2.61. The first-order chi connectivity index (χ1) is 10.1. The first-order valence-corrected chi connectivity index (χ1v) is 6.48. The highest BCUT2D eigenvalue weighted by Crippen LogP contribution is 2.21. The molecule has 2 aromatic carbocycles. The van der Waals surface area contributed by atoms with E-state index in [0.29, 0.717) is 11.5 Å². The lowest BCUT2D eigenvalue weighted by atomic mass is 10.2. The standard InChI is InChI=1S/C15H12ClFO4/c16-13-9-12(5-6-14(13)17)21-8-7-20-11-3-1-10(2-4-11)15(18)19/h1-6,9H,7-8H2,(H,18,19). The Kier molecular flexibility index (Phi) is 5.00. The maximum atomic E-state index is 12.9. The lowest BCUT2D eigenvalue weighted by Crippen LogP contribution is -2.09. The van der Waals surface area contributed by atoms with Gasteiger partial charge in [0.1, 0.15) is 30.5 Å². The van der Waals surface area contributed by atoms with Gasteiger partial charge in [0.2, 0.25) is 0 Å². The smallest absolute Gasteiger partial charge is 0.335 e. The Balaban J connectivity index is 1.79. The minimum Gasteiger partial charge on any atom is -0.490 e. The van der Waals surface area contributed by atoms with Gasteiger partial charge in [-0.25, -0.2) is 9.18 Å². The van der Waals surface area contributed by atoms with Crippen LogP contribution in [0.3, 0.4) is 0 Å². The molecular formula is C15H12ClFO4. The number of hydrogen-bond acceptors (Lipinski definition) is 3. The molecule has 0 aliphatic heterocycles. The number of halogens is 2. The second-order valence-corrected chi connectivity index (χ2v) is 4.51. The molecule has 0 atom stereocenters. The summed E-state index contributed by atoms with van der Waals surface area (Å²) in [7, 11) is 0. The van der Waals surface area contributed by atoms with Crippen molar-refractivity contribution in [3.05, 3.63) is 58.9 Å². The Labute approximate surface area is 125 Å². The second kappa shape index (κ2) is 6.95. The van der Waals surface area contributed by atoms with Crippen LogP contribution in [-0.4, -0.2) is 24.3 Å². The molecule has 0 fully saturated rings. The van der Waals surface area contributed by atoms with Gasteiger partial charge in [-0.15, -0.1) is 0 Å². The van der Waals surface area contributed by atoms with Crippen LogP contribution in [0.4, 0.5) is 4.39 Å². The molecule has 0 saturated carbocycles. The van der Waals surface area contributed by atoms with E-state index in [9.17, 15) is 9.18 Å². The summed E-state index contributed by atoms with van der Waals surface area (Å²) in [6.07, 6.45) is 0. The summed E-state index contributed by atoms with van der Waals surface area (Å²) < 4.78 is 23.7. The Morgan fingerprint density at radius 2 is 1.62 bits per heavy atom. The van der Waals surface area contributed by atoms with Crippen molar-refractivity contribution in [3.8, 4) is 11.5 Å². The fourth-order valence-electron chi connectivity index (χ4n) is 1.58. The predicted octanol–water partition coefficient (Wildman–Crippen LogP) is 3.64. The maximum Gasteiger partial charge on any atom is 0.335 e. The summed E-state index contributed by atoms with van der Waals surface area (Å²) in [6.45, 7) is 0.518. The largest absolute Gasteiger partial charge is 0.490 e. The molecule has 110 valence electrons. The number of ether oxygens (including phenoxy) is 2. The Bertz CT molecular complexity index is 628. The molecule has 0 unspecified atom stereocenters. The maximum absolute atomic E-state index is 12.9. The van der Waals surface area contributed by atoms with Crippen LogP contribution in [0.25, 0.3) is 0 Å². The highest BCUT2D eigenvalue weighted by molar-refractivity contribution is 6.30. The summed E-state index contributed by atoms with van der Waals surface area (Å²) in [5.41, 5.74) is 0.194. The van der Waals surface area contributed by atoms with Gasteiger partial charge in [0, 0.05) is 6.07 Å². The molecule has 2 aromatic rings. The molecule has 0 heterocycles. The first kappa shape index (κ1) is 15.1. The lowest BCUT2D eigenvalue weighted by Gasteiger charge is -2.09. The van der Waals surface area contributed by atoms with E-state index in [0.717, 1.165) is 0 Å². The normalized spacial score (nSPS) is 10.2. The predicted molar refractivity (Wildman–Crippen MR) is 75.8 cm³/mol. The van der Waals surface area contributed by atoms with Crippen LogP contribution in [0.1, 0.15) is 10.4 Å². The summed E-state index contributed by atoms with van der Waals surface area (Å²) >= 11 is 5.63. The minimum absolute atomic E-state index is 0.00215. The van der Waals surface area contributed by atoms with Crippen LogP contribution in [0.5, 0.6) is 11.5 Å². The molecule has 0 aromatic heterocycles. The molecule has 1 N–H and O–H groups in total. The molecule has 0 saturated heterocycles. The molecule has 0 spiro atoms. The van der Waals surface area contributed by atoms with Crippen LogP contribution >= 0.6 is 11.6 Å². The summed E-state index contributed by atoms with van der Waals surface area (Å²) in [5.74, 6) is -0.496. The van der Waals surface area contributed by atoms with E-state index < -0.39 is 11.8 Å². The van der Waals surface area contributed by atoms with Gasteiger partial charge in [-0.2, -0.15) is 0 Å². The van der Waals surface area contributed by atoms with Crippen molar-refractivity contribution in [2.75, 3.05) is 13.2 Å². The second-order valence-electron chi connectivity index (χ2n) is 4.10. The molecule has 0 radical (unpaired) electrons. The SMILES string of the molecule is O=C(O)c1ccc(OCCOc2ccc(F)c(Cl)c2)cc1. The average molecular weight is 311 g/mol. The van der Waals surface area contributed by atoms with E-state index in [1.54, 1.807) is 12.1 Å². The number of carbonyl (C=O) groups is 1. The molecule has 21 heavy (non-hydrogen) atoms. The monoisotopic (exact) mass is 310 g/mol. The number of rotatable bonds is 6. The third-order valence-corrected chi connectivity index (χ3v) is 2.90. The average Bonchev–Trinajstić information content (AvgIpc) is 2.47. The number of benzene rings is 2. The van der Waals surface area contributed by atoms with Crippen molar-refractivity contribution < 1.29 is 23.8 Å². The molecule has 6 heteroatoms. The molecular weight excluding hydrogens is 299 g/mol. The van der Waals surface area contributed by atoms with Crippen molar-refractivity contribution in [1.82, 2.24) is 0 Å². The zero-order valence-electron chi connectivity index (χ0n) is 10.9. The van der Waals surface area contributed by atoms with Crippen molar-refractivity contribution >= 4 is 17.6 Å². The van der Waals surface area contributed by atoms with Crippen LogP contribution in [0, 0.1) is 5.82 Å². The van der Waals surface area contributed by atoms with Gasteiger partial charge in [-0.1, -0.05) is 11.6 Å². The summed E-state index contributed by atoms with van der Waals surface area (Å²) in [5, 5.41) is 8.76. The minimum atomic E-state index is -0.988. The molecule has 0 amide bonds. The highest BCUT2D eigenvalue weighted by atomic mass is 35.5. The van der Waals surface area contributed by atoms with E-state index in [4.69, 9.17) is 26.2 Å². The van der Waals surface area contributed by atoms with E-state index in [1.807, 2.05) is 0 Å². The molecule has 2 rings (SSSR count). The zero-order chi connectivity index (χ0) is 15.2. The van der Waals surface area contributed by atoms with E-state index in [-0.39, 0.29) is 23.8 Å². The number of aromatic carboxylic acids is 1. The lowest BCUT2D eigenvalue weighted by molar-refractivity contribution is 0.0697. The summed E-state index contributed by atoms with van der Waals surface area (Å²) in [6, 6.07) is 10.1. The van der Waals surface area contributed by atoms with Gasteiger partial charge < -0.3 is 14.6 Å². The van der Waals surface area contributed by atoms with Gasteiger partial charge in [-0.3, -0.25) is 0 Å². The Morgan fingerprint density at radius 3 is 2.19 bits per heavy atom. The third kappa shape index (κ3) is 4.36. The van der Waals surface area contributed by atoms with Crippen LogP contribution in [0.2, 0.25) is 5.02 Å². The van der Waals surface area contributed by atoms with Gasteiger partial charge >= 0.3 is 5.97 Å². The zero-order valence-corrected chi connectivity index (χ0v) is 11.6. The van der Waals surface area contributed by atoms with E-state index in [2.05, 4.69) is 0 Å². The summed E-state index contributed by atoms with van der Waals surface area (Å²) in [4.78, 5) is 10.7. The van der Waals surface area contributed by atoms with E-state index >= 15 is 0 Å².